The third-order valence-corrected chi connectivity index (χ3v) is 3.70. The van der Waals surface area contributed by atoms with Gasteiger partial charge in [0.15, 0.2) is 11.3 Å². The first-order valence-electron chi connectivity index (χ1n) is 7.55. The molecule has 0 amide bonds. The lowest BCUT2D eigenvalue weighted by atomic mass is 10.1. The Balaban J connectivity index is 2.23. The van der Waals surface area contributed by atoms with E-state index in [2.05, 4.69) is 6.92 Å². The van der Waals surface area contributed by atoms with Crippen molar-refractivity contribution >= 4 is 21.9 Å². The summed E-state index contributed by atoms with van der Waals surface area (Å²) >= 11 is 0. The molecule has 1 N–H and O–H groups in total. The van der Waals surface area contributed by atoms with Crippen LogP contribution >= 0.6 is 0 Å². The van der Waals surface area contributed by atoms with E-state index in [0.717, 1.165) is 12.8 Å². The number of unbranched alkanes of at least 4 members (excludes halogenated alkanes) is 1. The third-order valence-electron chi connectivity index (χ3n) is 3.70. The van der Waals surface area contributed by atoms with E-state index in [0.29, 0.717) is 29.1 Å². The quantitative estimate of drug-likeness (QED) is 0.572. The van der Waals surface area contributed by atoms with Gasteiger partial charge in [0.2, 0.25) is 5.43 Å². The molecule has 120 valence electrons. The minimum Gasteiger partial charge on any atom is -0.507 e. The van der Waals surface area contributed by atoms with Crippen molar-refractivity contribution in [1.29, 1.82) is 0 Å². The molecule has 1 heterocycles. The third kappa shape index (κ3) is 2.70. The van der Waals surface area contributed by atoms with Gasteiger partial charge in [0.25, 0.3) is 0 Å². The standard InChI is InChI=1S/C18H18O5/c1-3-4-8-22-11-9-13(19)16-15(10-11)23-18-12(17(16)20)6-5-7-14(18)21-2/h5-7,9-10,19H,3-4,8H2,1-2H3. The topological polar surface area (TPSA) is 68.9 Å². The van der Waals surface area contributed by atoms with Gasteiger partial charge < -0.3 is 19.0 Å². The van der Waals surface area contributed by atoms with E-state index in [9.17, 15) is 9.90 Å². The molecule has 0 saturated heterocycles. The van der Waals surface area contributed by atoms with Gasteiger partial charge in [-0.3, -0.25) is 4.79 Å². The molecular formula is C18H18O5. The van der Waals surface area contributed by atoms with Crippen molar-refractivity contribution in [2.75, 3.05) is 13.7 Å². The van der Waals surface area contributed by atoms with Gasteiger partial charge in [0.1, 0.15) is 22.5 Å². The highest BCUT2D eigenvalue weighted by Crippen LogP contribution is 2.33. The number of hydrogen-bond acceptors (Lipinski definition) is 5. The van der Waals surface area contributed by atoms with Crippen molar-refractivity contribution in [2.24, 2.45) is 0 Å². The maximum Gasteiger partial charge on any atom is 0.204 e. The smallest absolute Gasteiger partial charge is 0.204 e. The Hall–Kier alpha value is -2.69. The molecule has 0 fully saturated rings. The number of rotatable bonds is 5. The number of ether oxygens (including phenoxy) is 2. The zero-order chi connectivity index (χ0) is 16.4. The van der Waals surface area contributed by atoms with Gasteiger partial charge >= 0.3 is 0 Å². The van der Waals surface area contributed by atoms with Crippen molar-refractivity contribution in [3.63, 3.8) is 0 Å². The molecule has 0 saturated carbocycles. The van der Waals surface area contributed by atoms with Gasteiger partial charge in [0.05, 0.1) is 19.1 Å². The predicted molar refractivity (Wildman–Crippen MR) is 88.6 cm³/mol. The van der Waals surface area contributed by atoms with Gasteiger partial charge in [-0.1, -0.05) is 19.4 Å². The maximum absolute atomic E-state index is 12.6. The van der Waals surface area contributed by atoms with Crippen molar-refractivity contribution in [3.8, 4) is 17.2 Å². The molecule has 23 heavy (non-hydrogen) atoms. The number of hydrogen-bond donors (Lipinski definition) is 1. The zero-order valence-electron chi connectivity index (χ0n) is 13.1. The molecule has 5 heteroatoms. The monoisotopic (exact) mass is 314 g/mol. The van der Waals surface area contributed by atoms with Crippen LogP contribution in [-0.4, -0.2) is 18.8 Å². The number of para-hydroxylation sites is 1. The summed E-state index contributed by atoms with van der Waals surface area (Å²) in [6, 6.07) is 8.15. The van der Waals surface area contributed by atoms with E-state index >= 15 is 0 Å². The van der Waals surface area contributed by atoms with Crippen LogP contribution in [-0.2, 0) is 0 Å². The summed E-state index contributed by atoms with van der Waals surface area (Å²) < 4.78 is 16.6. The summed E-state index contributed by atoms with van der Waals surface area (Å²) in [5, 5.41) is 10.7. The first kappa shape index (κ1) is 15.2. The number of aromatic hydroxyl groups is 1. The average molecular weight is 314 g/mol. The molecule has 1 aromatic heterocycles. The number of phenols is 1. The van der Waals surface area contributed by atoms with Crippen LogP contribution in [0.1, 0.15) is 19.8 Å². The Morgan fingerprint density at radius 2 is 2.09 bits per heavy atom. The van der Waals surface area contributed by atoms with Gasteiger partial charge in [-0.05, 0) is 18.6 Å². The van der Waals surface area contributed by atoms with Crippen molar-refractivity contribution < 1.29 is 19.0 Å². The lowest BCUT2D eigenvalue weighted by Gasteiger charge is -2.09. The number of fused-ring (bicyclic) bond motifs is 2. The molecule has 3 aromatic rings. The fourth-order valence-corrected chi connectivity index (χ4v) is 2.51. The van der Waals surface area contributed by atoms with Crippen molar-refractivity contribution in [3.05, 3.63) is 40.6 Å². The fraction of sp³-hybridized carbons (Fsp3) is 0.278. The lowest BCUT2D eigenvalue weighted by Crippen LogP contribution is -2.04. The van der Waals surface area contributed by atoms with E-state index in [4.69, 9.17) is 13.9 Å². The Kier molecular flexibility index (Phi) is 4.10. The predicted octanol–water partition coefficient (Wildman–Crippen LogP) is 3.84. The summed E-state index contributed by atoms with van der Waals surface area (Å²) in [7, 11) is 1.51. The Bertz CT molecular complexity index is 911. The molecule has 0 bridgehead atoms. The Morgan fingerprint density at radius 3 is 2.83 bits per heavy atom. The van der Waals surface area contributed by atoms with Crippen LogP contribution in [0.15, 0.2) is 39.5 Å². The van der Waals surface area contributed by atoms with Gasteiger partial charge in [-0.25, -0.2) is 0 Å². The largest absolute Gasteiger partial charge is 0.507 e. The first-order valence-corrected chi connectivity index (χ1v) is 7.55. The van der Waals surface area contributed by atoms with Crippen LogP contribution in [0, 0.1) is 0 Å². The van der Waals surface area contributed by atoms with E-state index in [1.165, 1.54) is 13.2 Å². The van der Waals surface area contributed by atoms with Crippen LogP contribution in [0.5, 0.6) is 17.2 Å². The zero-order valence-corrected chi connectivity index (χ0v) is 13.1. The summed E-state index contributed by atoms with van der Waals surface area (Å²) in [6.45, 7) is 2.61. The van der Waals surface area contributed by atoms with Crippen LogP contribution in [0.4, 0.5) is 0 Å². The minimum atomic E-state index is -0.294. The van der Waals surface area contributed by atoms with E-state index in [1.54, 1.807) is 24.3 Å². The summed E-state index contributed by atoms with van der Waals surface area (Å²) in [5.74, 6) is 0.798. The highest BCUT2D eigenvalue weighted by atomic mass is 16.5. The fourth-order valence-electron chi connectivity index (χ4n) is 2.51. The molecule has 3 rings (SSSR count). The second kappa shape index (κ2) is 6.20. The summed E-state index contributed by atoms with van der Waals surface area (Å²) in [4.78, 5) is 12.6. The van der Waals surface area contributed by atoms with E-state index in [1.807, 2.05) is 0 Å². The normalized spacial score (nSPS) is 11.0. The highest BCUT2D eigenvalue weighted by Gasteiger charge is 2.15. The maximum atomic E-state index is 12.6. The molecule has 0 aliphatic carbocycles. The second-order valence-electron chi connectivity index (χ2n) is 5.29. The molecule has 0 aliphatic rings. The molecule has 5 nitrogen and oxygen atoms in total. The van der Waals surface area contributed by atoms with Crippen LogP contribution in [0.2, 0.25) is 0 Å². The highest BCUT2D eigenvalue weighted by molar-refractivity contribution is 5.95. The summed E-state index contributed by atoms with van der Waals surface area (Å²) in [6.07, 6.45) is 1.92. The molecule has 0 unspecified atom stereocenters. The van der Waals surface area contributed by atoms with Gasteiger partial charge in [-0.2, -0.15) is 0 Å². The van der Waals surface area contributed by atoms with Crippen LogP contribution in [0.3, 0.4) is 0 Å². The van der Waals surface area contributed by atoms with Crippen LogP contribution in [0.25, 0.3) is 21.9 Å². The minimum absolute atomic E-state index is 0.146. The van der Waals surface area contributed by atoms with E-state index < -0.39 is 0 Å². The SMILES string of the molecule is CCCCOc1cc(O)c2c(=O)c3cccc(OC)c3oc2c1. The van der Waals surface area contributed by atoms with Crippen molar-refractivity contribution in [1.82, 2.24) is 0 Å². The second-order valence-corrected chi connectivity index (χ2v) is 5.29. The number of methoxy groups -OCH3 is 1. The first-order chi connectivity index (χ1) is 11.2. The number of phenolic OH excluding ortho intramolecular Hbond substituents is 1. The molecule has 2 aromatic carbocycles. The van der Waals surface area contributed by atoms with E-state index in [-0.39, 0.29) is 22.1 Å². The molecule has 0 spiro atoms. The Morgan fingerprint density at radius 1 is 1.26 bits per heavy atom. The number of benzene rings is 2. The Labute approximate surface area is 133 Å². The van der Waals surface area contributed by atoms with Gasteiger partial charge in [-0.15, -0.1) is 0 Å². The average Bonchev–Trinajstić information content (AvgIpc) is 2.54. The molecule has 0 radical (unpaired) electrons. The molecule has 0 aliphatic heterocycles. The van der Waals surface area contributed by atoms with Crippen LogP contribution < -0.4 is 14.9 Å². The lowest BCUT2D eigenvalue weighted by molar-refractivity contribution is 0.308. The molecular weight excluding hydrogens is 296 g/mol. The van der Waals surface area contributed by atoms with Gasteiger partial charge in [0, 0.05) is 12.1 Å². The van der Waals surface area contributed by atoms with Crippen molar-refractivity contribution in [2.45, 2.75) is 19.8 Å². The summed E-state index contributed by atoms with van der Waals surface area (Å²) in [5.41, 5.74) is 0.342. The molecule has 0 atom stereocenters.